The summed E-state index contributed by atoms with van der Waals surface area (Å²) in [4.78, 5) is 2.34. The number of benzene rings is 9. The van der Waals surface area contributed by atoms with Crippen LogP contribution in [-0.4, -0.2) is 0 Å². The number of anilines is 3. The Hall–Kier alpha value is -7.20. The average Bonchev–Trinajstić information content (AvgIpc) is 3.85. The fourth-order valence-electron chi connectivity index (χ4n) is 8.25. The first kappa shape index (κ1) is 33.2. The molecule has 0 spiro atoms. The Balaban J connectivity index is 1.04. The first-order chi connectivity index (χ1) is 28.2. The number of fused-ring (bicyclic) bond motifs is 6. The highest BCUT2D eigenvalue weighted by molar-refractivity contribution is 7.25. The van der Waals surface area contributed by atoms with E-state index in [1.54, 1.807) is 0 Å². The molecule has 0 aliphatic rings. The van der Waals surface area contributed by atoms with E-state index in [0.29, 0.717) is 0 Å². The van der Waals surface area contributed by atoms with E-state index >= 15 is 0 Å². The van der Waals surface area contributed by atoms with Crippen molar-refractivity contribution in [3.8, 4) is 44.5 Å². The Kier molecular flexibility index (Phi) is 8.04. The summed E-state index contributed by atoms with van der Waals surface area (Å²) in [6, 6.07) is 76.4. The second-order valence-corrected chi connectivity index (χ2v) is 15.6. The third kappa shape index (κ3) is 5.97. The van der Waals surface area contributed by atoms with Crippen LogP contribution in [0.1, 0.15) is 0 Å². The van der Waals surface area contributed by atoms with Gasteiger partial charge in [-0.3, -0.25) is 0 Å². The number of nitrogens with zero attached hydrogens (tertiary/aromatic N) is 1. The molecule has 11 rings (SSSR count). The molecule has 0 saturated heterocycles. The van der Waals surface area contributed by atoms with Gasteiger partial charge in [-0.15, -0.1) is 11.3 Å². The highest BCUT2D eigenvalue weighted by Gasteiger charge is 2.18. The van der Waals surface area contributed by atoms with Crippen LogP contribution in [0.15, 0.2) is 217 Å². The third-order valence-corrected chi connectivity index (χ3v) is 12.3. The Morgan fingerprint density at radius 3 is 1.40 bits per heavy atom. The molecular weight excluding hydrogens is 711 g/mol. The Morgan fingerprint density at radius 2 is 0.772 bits per heavy atom. The molecule has 0 amide bonds. The average molecular weight is 746 g/mol. The van der Waals surface area contributed by atoms with Crippen molar-refractivity contribution in [1.82, 2.24) is 0 Å². The maximum Gasteiger partial charge on any atom is 0.136 e. The molecule has 0 unspecified atom stereocenters. The van der Waals surface area contributed by atoms with Gasteiger partial charge in [-0.1, -0.05) is 140 Å². The van der Waals surface area contributed by atoms with Gasteiger partial charge in [-0.2, -0.15) is 0 Å². The summed E-state index contributed by atoms with van der Waals surface area (Å²) >= 11 is 1.85. The monoisotopic (exact) mass is 745 g/mol. The number of hydrogen-bond acceptors (Lipinski definition) is 3. The lowest BCUT2D eigenvalue weighted by atomic mass is 9.92. The van der Waals surface area contributed by atoms with Crippen molar-refractivity contribution in [1.29, 1.82) is 0 Å². The van der Waals surface area contributed by atoms with Crippen molar-refractivity contribution in [2.45, 2.75) is 0 Å². The molecule has 2 heterocycles. The Morgan fingerprint density at radius 1 is 0.298 bits per heavy atom. The highest BCUT2D eigenvalue weighted by atomic mass is 32.1. The van der Waals surface area contributed by atoms with E-state index in [9.17, 15) is 0 Å². The SMILES string of the molecule is c1ccc(-c2ccc(N(c3ccc(-c4ccccc4)cc3)c3ccc(-c4cc5oc6ccccc6c5cc4-c4ccc5sc6ccccc6c5c4)cc3)cc2)cc1. The Labute approximate surface area is 335 Å². The zero-order valence-corrected chi connectivity index (χ0v) is 31.8. The van der Waals surface area contributed by atoms with Crippen molar-refractivity contribution in [3.05, 3.63) is 212 Å². The third-order valence-electron chi connectivity index (χ3n) is 11.1. The standard InChI is InChI=1S/C54H35NOS/c1-3-11-36(12-4-1)38-19-26-42(27-20-38)55(43-28-21-39(22-29-43)37-13-5-2-6-14-37)44-30-23-40(24-31-44)48-35-52-49(45-15-7-9-17-51(45)56-52)34-47(48)41-25-32-54-50(33-41)46-16-8-10-18-53(46)57-54/h1-35H. The summed E-state index contributed by atoms with van der Waals surface area (Å²) < 4.78 is 9.09. The lowest BCUT2D eigenvalue weighted by molar-refractivity contribution is 0.669. The summed E-state index contributed by atoms with van der Waals surface area (Å²) in [5.41, 5.74) is 14.5. The topological polar surface area (TPSA) is 16.4 Å². The molecule has 0 N–H and O–H groups in total. The van der Waals surface area contributed by atoms with E-state index in [1.165, 1.54) is 53.6 Å². The van der Waals surface area contributed by atoms with Crippen LogP contribution >= 0.6 is 11.3 Å². The number of thiophene rings is 1. The molecular formula is C54H35NOS. The van der Waals surface area contributed by atoms with Gasteiger partial charge in [0.25, 0.3) is 0 Å². The van der Waals surface area contributed by atoms with Crippen molar-refractivity contribution in [2.75, 3.05) is 4.90 Å². The van der Waals surface area contributed by atoms with E-state index in [2.05, 4.69) is 211 Å². The molecule has 2 aromatic heterocycles. The van der Waals surface area contributed by atoms with Crippen LogP contribution in [0, 0.1) is 0 Å². The van der Waals surface area contributed by atoms with Gasteiger partial charge >= 0.3 is 0 Å². The molecule has 268 valence electrons. The zero-order valence-electron chi connectivity index (χ0n) is 31.0. The normalized spacial score (nSPS) is 11.5. The maximum atomic E-state index is 6.48. The van der Waals surface area contributed by atoms with Gasteiger partial charge in [-0.25, -0.2) is 0 Å². The lowest BCUT2D eigenvalue weighted by Crippen LogP contribution is -2.09. The second kappa shape index (κ2) is 13.8. The molecule has 11 aromatic rings. The van der Waals surface area contributed by atoms with E-state index < -0.39 is 0 Å². The summed E-state index contributed by atoms with van der Waals surface area (Å²) in [5.74, 6) is 0. The number of rotatable bonds is 7. The van der Waals surface area contributed by atoms with Crippen LogP contribution < -0.4 is 4.90 Å². The molecule has 0 saturated carbocycles. The fourth-order valence-corrected chi connectivity index (χ4v) is 9.33. The van der Waals surface area contributed by atoms with Crippen LogP contribution in [0.4, 0.5) is 17.1 Å². The van der Waals surface area contributed by atoms with Crippen molar-refractivity contribution < 1.29 is 4.42 Å². The van der Waals surface area contributed by atoms with E-state index in [1.807, 2.05) is 17.4 Å². The van der Waals surface area contributed by atoms with Crippen molar-refractivity contribution in [3.63, 3.8) is 0 Å². The summed E-state index contributed by atoms with van der Waals surface area (Å²) in [5, 5.41) is 4.85. The molecule has 0 aliphatic carbocycles. The van der Waals surface area contributed by atoms with Gasteiger partial charge in [0.1, 0.15) is 11.2 Å². The quantitative estimate of drug-likeness (QED) is 0.162. The van der Waals surface area contributed by atoms with Crippen LogP contribution in [0.3, 0.4) is 0 Å². The molecule has 0 bridgehead atoms. The molecule has 57 heavy (non-hydrogen) atoms. The van der Waals surface area contributed by atoms with Gasteiger partial charge in [0.2, 0.25) is 0 Å². The van der Waals surface area contributed by atoms with Gasteiger partial charge in [0.15, 0.2) is 0 Å². The van der Waals surface area contributed by atoms with E-state index in [-0.39, 0.29) is 0 Å². The molecule has 0 fully saturated rings. The first-order valence-electron chi connectivity index (χ1n) is 19.3. The van der Waals surface area contributed by atoms with Crippen molar-refractivity contribution >= 4 is 70.5 Å². The zero-order chi connectivity index (χ0) is 37.7. The lowest BCUT2D eigenvalue weighted by Gasteiger charge is -2.26. The van der Waals surface area contributed by atoms with E-state index in [4.69, 9.17) is 4.42 Å². The number of hydrogen-bond donors (Lipinski definition) is 0. The summed E-state index contributed by atoms with van der Waals surface area (Å²) in [7, 11) is 0. The molecule has 0 aliphatic heterocycles. The molecule has 3 heteroatoms. The van der Waals surface area contributed by atoms with Crippen LogP contribution in [0.2, 0.25) is 0 Å². The fraction of sp³-hybridized carbons (Fsp3) is 0. The minimum Gasteiger partial charge on any atom is -0.456 e. The van der Waals surface area contributed by atoms with Crippen LogP contribution in [0.5, 0.6) is 0 Å². The van der Waals surface area contributed by atoms with Gasteiger partial charge < -0.3 is 9.32 Å². The molecule has 9 aromatic carbocycles. The van der Waals surface area contributed by atoms with Crippen LogP contribution in [-0.2, 0) is 0 Å². The molecule has 2 nitrogen and oxygen atoms in total. The molecule has 0 radical (unpaired) electrons. The van der Waals surface area contributed by atoms with Gasteiger partial charge in [0, 0.05) is 48.0 Å². The highest BCUT2D eigenvalue weighted by Crippen LogP contribution is 2.44. The summed E-state index contributed by atoms with van der Waals surface area (Å²) in [6.45, 7) is 0. The van der Waals surface area contributed by atoms with Gasteiger partial charge in [0.05, 0.1) is 0 Å². The summed E-state index contributed by atoms with van der Waals surface area (Å²) in [6.07, 6.45) is 0. The smallest absolute Gasteiger partial charge is 0.136 e. The Bertz CT molecular complexity index is 3110. The second-order valence-electron chi connectivity index (χ2n) is 14.5. The number of furan rings is 1. The molecule has 0 atom stereocenters. The number of para-hydroxylation sites is 1. The maximum absolute atomic E-state index is 6.48. The van der Waals surface area contributed by atoms with E-state index in [0.717, 1.165) is 50.1 Å². The predicted molar refractivity (Wildman–Crippen MR) is 243 cm³/mol. The van der Waals surface area contributed by atoms with Crippen molar-refractivity contribution in [2.24, 2.45) is 0 Å². The van der Waals surface area contributed by atoms with Gasteiger partial charge in [-0.05, 0) is 117 Å². The predicted octanol–water partition coefficient (Wildman–Crippen LogP) is 16.1. The minimum atomic E-state index is 0.889. The van der Waals surface area contributed by atoms with Crippen LogP contribution in [0.25, 0.3) is 86.6 Å². The first-order valence-corrected chi connectivity index (χ1v) is 20.1. The minimum absolute atomic E-state index is 0.889. The largest absolute Gasteiger partial charge is 0.456 e.